The summed E-state index contributed by atoms with van der Waals surface area (Å²) in [6.07, 6.45) is 1.58. The van der Waals surface area contributed by atoms with E-state index in [4.69, 9.17) is 4.42 Å². The van der Waals surface area contributed by atoms with Gasteiger partial charge in [0.05, 0.1) is 28.2 Å². The average molecular weight is 377 g/mol. The second-order valence-electron chi connectivity index (χ2n) is 6.57. The molecule has 0 spiro atoms. The Balaban J connectivity index is 1.56. The fourth-order valence-electron chi connectivity index (χ4n) is 2.85. The maximum atomic E-state index is 12.8. The van der Waals surface area contributed by atoms with Crippen LogP contribution in [0.4, 0.5) is 0 Å². The number of fused-ring (bicyclic) bond motifs is 1. The first kappa shape index (κ1) is 17.4. The molecule has 136 valence electrons. The molecule has 6 heteroatoms. The molecule has 0 atom stereocenters. The molecule has 1 aromatic carbocycles. The number of thiophene rings is 1. The molecule has 0 aliphatic carbocycles. The summed E-state index contributed by atoms with van der Waals surface area (Å²) in [6, 6.07) is 13.5. The molecule has 0 fully saturated rings. The van der Waals surface area contributed by atoms with E-state index in [0.717, 1.165) is 21.5 Å². The molecule has 27 heavy (non-hydrogen) atoms. The van der Waals surface area contributed by atoms with Gasteiger partial charge in [0.2, 0.25) is 5.89 Å². The van der Waals surface area contributed by atoms with Crippen LogP contribution in [0.5, 0.6) is 0 Å². The predicted octanol–water partition coefficient (Wildman–Crippen LogP) is 5.00. The highest BCUT2D eigenvalue weighted by Gasteiger charge is 2.15. The van der Waals surface area contributed by atoms with E-state index in [9.17, 15) is 4.79 Å². The number of nitrogens with zero attached hydrogens (tertiary/aromatic N) is 2. The van der Waals surface area contributed by atoms with Crippen LogP contribution in [-0.4, -0.2) is 15.9 Å². The zero-order chi connectivity index (χ0) is 18.8. The van der Waals surface area contributed by atoms with Crippen molar-refractivity contribution in [1.29, 1.82) is 0 Å². The monoisotopic (exact) mass is 377 g/mol. The van der Waals surface area contributed by atoms with Crippen molar-refractivity contribution in [3.63, 3.8) is 0 Å². The Bertz CT molecular complexity index is 1080. The normalized spacial score (nSPS) is 11.2. The van der Waals surface area contributed by atoms with E-state index >= 15 is 0 Å². The van der Waals surface area contributed by atoms with Crippen LogP contribution >= 0.6 is 11.3 Å². The molecule has 0 radical (unpaired) electrons. The first-order valence-electron chi connectivity index (χ1n) is 8.78. The van der Waals surface area contributed by atoms with E-state index in [-0.39, 0.29) is 11.8 Å². The van der Waals surface area contributed by atoms with Gasteiger partial charge in [-0.25, -0.2) is 4.98 Å². The van der Waals surface area contributed by atoms with E-state index in [0.29, 0.717) is 23.7 Å². The molecule has 0 saturated heterocycles. The number of rotatable bonds is 5. The quantitative estimate of drug-likeness (QED) is 0.531. The van der Waals surface area contributed by atoms with Gasteiger partial charge in [-0.3, -0.25) is 9.78 Å². The van der Waals surface area contributed by atoms with Crippen molar-refractivity contribution in [2.45, 2.75) is 26.3 Å². The molecule has 0 saturated carbocycles. The van der Waals surface area contributed by atoms with E-state index in [1.165, 1.54) is 0 Å². The smallest absolute Gasteiger partial charge is 0.252 e. The molecule has 0 bridgehead atoms. The van der Waals surface area contributed by atoms with Crippen molar-refractivity contribution in [1.82, 2.24) is 15.3 Å². The van der Waals surface area contributed by atoms with E-state index in [1.807, 2.05) is 47.8 Å². The van der Waals surface area contributed by atoms with Crippen LogP contribution in [0.3, 0.4) is 0 Å². The third-order valence-electron chi connectivity index (χ3n) is 4.29. The maximum absolute atomic E-state index is 12.8. The number of carbonyl (C=O) groups is 1. The lowest BCUT2D eigenvalue weighted by molar-refractivity contribution is 0.0952. The minimum absolute atomic E-state index is 0.142. The van der Waals surface area contributed by atoms with Crippen molar-refractivity contribution < 1.29 is 9.21 Å². The number of para-hydroxylation sites is 1. The first-order chi connectivity index (χ1) is 13.1. The van der Waals surface area contributed by atoms with E-state index < -0.39 is 0 Å². The molecular weight excluding hydrogens is 358 g/mol. The van der Waals surface area contributed by atoms with Gasteiger partial charge < -0.3 is 9.73 Å². The van der Waals surface area contributed by atoms with Crippen molar-refractivity contribution in [3.8, 4) is 10.8 Å². The highest BCUT2D eigenvalue weighted by atomic mass is 32.1. The number of hydrogen-bond donors (Lipinski definition) is 1. The SMILES string of the molecule is CC(C)c1cc(C(=O)NCc2coc(-c3cccs3)n2)c2ccccc2n1. The fraction of sp³-hybridized carbons (Fsp3) is 0.190. The number of carbonyl (C=O) groups excluding carboxylic acids is 1. The van der Waals surface area contributed by atoms with Crippen molar-refractivity contribution in [2.24, 2.45) is 0 Å². The van der Waals surface area contributed by atoms with Crippen LogP contribution < -0.4 is 5.32 Å². The summed E-state index contributed by atoms with van der Waals surface area (Å²) in [4.78, 5) is 22.9. The minimum Gasteiger partial charge on any atom is -0.443 e. The summed E-state index contributed by atoms with van der Waals surface area (Å²) >= 11 is 1.57. The van der Waals surface area contributed by atoms with Gasteiger partial charge in [-0.1, -0.05) is 38.1 Å². The molecule has 0 aliphatic heterocycles. The van der Waals surface area contributed by atoms with Crippen LogP contribution in [0.2, 0.25) is 0 Å². The Morgan fingerprint density at radius 2 is 2.04 bits per heavy atom. The lowest BCUT2D eigenvalue weighted by Gasteiger charge is -2.11. The Hall–Kier alpha value is -2.99. The average Bonchev–Trinajstić information content (AvgIpc) is 3.36. The Morgan fingerprint density at radius 3 is 2.81 bits per heavy atom. The number of aromatic nitrogens is 2. The summed E-state index contributed by atoms with van der Waals surface area (Å²) in [6.45, 7) is 4.45. The van der Waals surface area contributed by atoms with Gasteiger partial charge in [0.1, 0.15) is 6.26 Å². The molecule has 4 rings (SSSR count). The number of oxazole rings is 1. The van der Waals surface area contributed by atoms with Crippen LogP contribution in [0.1, 0.15) is 41.5 Å². The van der Waals surface area contributed by atoms with Crippen LogP contribution in [0.15, 0.2) is 58.5 Å². The number of pyridine rings is 1. The highest BCUT2D eigenvalue weighted by Crippen LogP contribution is 2.24. The number of benzene rings is 1. The Kier molecular flexibility index (Phi) is 4.73. The van der Waals surface area contributed by atoms with Gasteiger partial charge in [0.15, 0.2) is 0 Å². The molecule has 3 aromatic heterocycles. The van der Waals surface area contributed by atoms with Gasteiger partial charge in [0.25, 0.3) is 5.91 Å². The summed E-state index contributed by atoms with van der Waals surface area (Å²) in [5.74, 6) is 0.673. The Labute approximate surface area is 161 Å². The predicted molar refractivity (Wildman–Crippen MR) is 107 cm³/mol. The van der Waals surface area contributed by atoms with Gasteiger partial charge in [-0.2, -0.15) is 0 Å². The van der Waals surface area contributed by atoms with Crippen molar-refractivity contribution in [3.05, 3.63) is 71.1 Å². The second kappa shape index (κ2) is 7.32. The summed E-state index contributed by atoms with van der Waals surface area (Å²) in [7, 11) is 0. The van der Waals surface area contributed by atoms with E-state index in [1.54, 1.807) is 17.6 Å². The molecule has 1 N–H and O–H groups in total. The maximum Gasteiger partial charge on any atom is 0.252 e. The summed E-state index contributed by atoms with van der Waals surface area (Å²) in [5, 5.41) is 5.77. The minimum atomic E-state index is -0.142. The van der Waals surface area contributed by atoms with Crippen LogP contribution in [0.25, 0.3) is 21.7 Å². The van der Waals surface area contributed by atoms with Gasteiger partial charge in [0, 0.05) is 11.1 Å². The second-order valence-corrected chi connectivity index (χ2v) is 7.52. The largest absolute Gasteiger partial charge is 0.443 e. The molecule has 0 unspecified atom stereocenters. The van der Waals surface area contributed by atoms with Crippen LogP contribution in [0, 0.1) is 0 Å². The zero-order valence-electron chi connectivity index (χ0n) is 15.1. The number of amides is 1. The Morgan fingerprint density at radius 1 is 1.19 bits per heavy atom. The van der Waals surface area contributed by atoms with E-state index in [2.05, 4.69) is 29.1 Å². The van der Waals surface area contributed by atoms with Crippen molar-refractivity contribution >= 4 is 28.1 Å². The zero-order valence-corrected chi connectivity index (χ0v) is 15.9. The molecule has 4 aromatic rings. The molecular formula is C21H19N3O2S. The summed E-state index contributed by atoms with van der Waals surface area (Å²) in [5.41, 5.74) is 3.05. The summed E-state index contributed by atoms with van der Waals surface area (Å²) < 4.78 is 5.51. The standard InChI is InChI=1S/C21H19N3O2S/c1-13(2)18-10-16(15-6-3-4-7-17(15)24-18)20(25)22-11-14-12-26-21(23-14)19-8-5-9-27-19/h3-10,12-13H,11H2,1-2H3,(H,22,25). The topological polar surface area (TPSA) is 68.0 Å². The number of nitrogens with one attached hydrogen (secondary N) is 1. The third kappa shape index (κ3) is 3.61. The third-order valence-corrected chi connectivity index (χ3v) is 5.14. The molecule has 3 heterocycles. The fourth-order valence-corrected chi connectivity index (χ4v) is 3.50. The number of hydrogen-bond acceptors (Lipinski definition) is 5. The molecule has 1 amide bonds. The van der Waals surface area contributed by atoms with Gasteiger partial charge in [-0.05, 0) is 29.5 Å². The first-order valence-corrected chi connectivity index (χ1v) is 9.66. The molecule has 5 nitrogen and oxygen atoms in total. The highest BCUT2D eigenvalue weighted by molar-refractivity contribution is 7.13. The van der Waals surface area contributed by atoms with Crippen molar-refractivity contribution in [2.75, 3.05) is 0 Å². The lowest BCUT2D eigenvalue weighted by atomic mass is 10.0. The molecule has 0 aliphatic rings. The van der Waals surface area contributed by atoms with Crippen LogP contribution in [-0.2, 0) is 6.54 Å². The lowest BCUT2D eigenvalue weighted by Crippen LogP contribution is -2.23. The van der Waals surface area contributed by atoms with Gasteiger partial charge >= 0.3 is 0 Å². The van der Waals surface area contributed by atoms with Gasteiger partial charge in [-0.15, -0.1) is 11.3 Å².